The molecule has 94 valence electrons. The van der Waals surface area contributed by atoms with E-state index in [4.69, 9.17) is 9.84 Å². The van der Waals surface area contributed by atoms with Crippen LogP contribution in [0.25, 0.3) is 0 Å². The summed E-state index contributed by atoms with van der Waals surface area (Å²) in [5, 5.41) is 11.0. The van der Waals surface area contributed by atoms with Crippen LogP contribution < -0.4 is 5.32 Å². The average molecular weight is 251 g/mol. The SMILES string of the molecule is COCCCS(=O)CC(NC(C)=O)C(=O)O. The maximum Gasteiger partial charge on any atom is 0.327 e. The minimum atomic E-state index is -1.26. The fraction of sp³-hybridized carbons (Fsp3) is 0.778. The maximum atomic E-state index is 11.5. The van der Waals surface area contributed by atoms with Crippen molar-refractivity contribution in [2.24, 2.45) is 0 Å². The van der Waals surface area contributed by atoms with E-state index in [1.54, 1.807) is 7.11 Å². The van der Waals surface area contributed by atoms with Crippen LogP contribution in [-0.2, 0) is 25.1 Å². The third kappa shape index (κ3) is 7.36. The molecule has 16 heavy (non-hydrogen) atoms. The van der Waals surface area contributed by atoms with Crippen molar-refractivity contribution in [3.05, 3.63) is 0 Å². The Kier molecular flexibility index (Phi) is 7.74. The number of hydrogen-bond acceptors (Lipinski definition) is 4. The molecule has 0 bridgehead atoms. The van der Waals surface area contributed by atoms with Gasteiger partial charge in [-0.25, -0.2) is 4.79 Å². The van der Waals surface area contributed by atoms with Crippen molar-refractivity contribution in [1.29, 1.82) is 0 Å². The zero-order chi connectivity index (χ0) is 12.6. The number of carboxylic acids is 1. The minimum Gasteiger partial charge on any atom is -0.480 e. The van der Waals surface area contributed by atoms with Crippen LogP contribution in [0.3, 0.4) is 0 Å². The molecule has 7 heteroatoms. The highest BCUT2D eigenvalue weighted by molar-refractivity contribution is 7.85. The van der Waals surface area contributed by atoms with Gasteiger partial charge in [-0.15, -0.1) is 0 Å². The van der Waals surface area contributed by atoms with Gasteiger partial charge in [0.15, 0.2) is 0 Å². The summed E-state index contributed by atoms with van der Waals surface area (Å²) in [4.78, 5) is 21.4. The molecule has 0 aromatic carbocycles. The summed E-state index contributed by atoms with van der Waals surface area (Å²) >= 11 is 0. The van der Waals surface area contributed by atoms with E-state index in [0.29, 0.717) is 18.8 Å². The summed E-state index contributed by atoms with van der Waals surface area (Å²) < 4.78 is 16.2. The lowest BCUT2D eigenvalue weighted by Crippen LogP contribution is -2.43. The van der Waals surface area contributed by atoms with Crippen molar-refractivity contribution in [2.45, 2.75) is 19.4 Å². The van der Waals surface area contributed by atoms with Gasteiger partial charge in [0.1, 0.15) is 6.04 Å². The zero-order valence-corrected chi connectivity index (χ0v) is 10.2. The monoisotopic (exact) mass is 251 g/mol. The van der Waals surface area contributed by atoms with E-state index in [0.717, 1.165) is 0 Å². The van der Waals surface area contributed by atoms with Crippen LogP contribution >= 0.6 is 0 Å². The van der Waals surface area contributed by atoms with E-state index in [1.807, 2.05) is 0 Å². The molecule has 2 atom stereocenters. The van der Waals surface area contributed by atoms with Crippen LogP contribution in [0.15, 0.2) is 0 Å². The minimum absolute atomic E-state index is 0.0708. The van der Waals surface area contributed by atoms with Crippen molar-refractivity contribution < 1.29 is 23.6 Å². The van der Waals surface area contributed by atoms with Crippen LogP contribution in [0, 0.1) is 0 Å². The molecule has 0 spiro atoms. The Morgan fingerprint density at radius 2 is 2.12 bits per heavy atom. The molecular weight excluding hydrogens is 234 g/mol. The summed E-state index contributed by atoms with van der Waals surface area (Å²) in [7, 11) is 0.278. The topological polar surface area (TPSA) is 92.7 Å². The van der Waals surface area contributed by atoms with Crippen LogP contribution in [0.1, 0.15) is 13.3 Å². The number of carbonyl (C=O) groups is 2. The fourth-order valence-corrected chi connectivity index (χ4v) is 2.26. The molecule has 1 amide bonds. The van der Waals surface area contributed by atoms with Crippen LogP contribution in [-0.4, -0.2) is 52.5 Å². The summed E-state index contributed by atoms with van der Waals surface area (Å²) in [6.07, 6.45) is 0.607. The Hall–Kier alpha value is -0.950. The molecule has 0 aromatic heterocycles. The first kappa shape index (κ1) is 15.0. The summed E-state index contributed by atoms with van der Waals surface area (Å²) in [6, 6.07) is -1.08. The lowest BCUT2D eigenvalue weighted by Gasteiger charge is -2.12. The molecular formula is C9H17NO5S. The first-order valence-electron chi connectivity index (χ1n) is 4.81. The molecule has 0 radical (unpaired) electrons. The number of carboxylic acid groups (broad SMARTS) is 1. The molecule has 0 aliphatic carbocycles. The van der Waals surface area contributed by atoms with Gasteiger partial charge in [0.2, 0.25) is 5.91 Å². The molecule has 0 fully saturated rings. The Labute approximate surface area is 96.8 Å². The fourth-order valence-electron chi connectivity index (χ4n) is 1.05. The van der Waals surface area contributed by atoms with E-state index < -0.39 is 28.7 Å². The predicted molar refractivity (Wildman–Crippen MR) is 59.6 cm³/mol. The third-order valence-corrected chi connectivity index (χ3v) is 3.20. The standard InChI is InChI=1S/C9H17NO5S/c1-7(11)10-8(9(12)13)6-16(14)5-3-4-15-2/h8H,3-6H2,1-2H3,(H,10,11)(H,12,13). The van der Waals surface area contributed by atoms with Crippen molar-refractivity contribution in [3.63, 3.8) is 0 Å². The Morgan fingerprint density at radius 3 is 2.56 bits per heavy atom. The molecule has 0 aliphatic heterocycles. The predicted octanol–water partition coefficient (Wildman–Crippen LogP) is -0.639. The van der Waals surface area contributed by atoms with Gasteiger partial charge in [-0.05, 0) is 6.42 Å². The van der Waals surface area contributed by atoms with Gasteiger partial charge in [-0.3, -0.25) is 9.00 Å². The summed E-state index contributed by atoms with van der Waals surface area (Å²) in [5.41, 5.74) is 0. The molecule has 0 saturated carbocycles. The van der Waals surface area contributed by atoms with Gasteiger partial charge in [0, 0.05) is 37.2 Å². The molecule has 0 aliphatic rings. The maximum absolute atomic E-state index is 11.5. The molecule has 0 heterocycles. The number of nitrogens with one attached hydrogen (secondary N) is 1. The van der Waals surface area contributed by atoms with Crippen LogP contribution in [0.4, 0.5) is 0 Å². The van der Waals surface area contributed by atoms with Crippen LogP contribution in [0.5, 0.6) is 0 Å². The smallest absolute Gasteiger partial charge is 0.327 e. The Balaban J connectivity index is 4.03. The molecule has 6 nitrogen and oxygen atoms in total. The van der Waals surface area contributed by atoms with Gasteiger partial charge >= 0.3 is 5.97 Å². The number of ether oxygens (including phenoxy) is 1. The lowest BCUT2D eigenvalue weighted by atomic mass is 10.3. The summed E-state index contributed by atoms with van der Waals surface area (Å²) in [5.74, 6) is -1.31. The number of carbonyl (C=O) groups excluding carboxylic acids is 1. The normalized spacial score (nSPS) is 14.1. The Morgan fingerprint density at radius 1 is 1.50 bits per heavy atom. The molecule has 2 N–H and O–H groups in total. The number of amides is 1. The van der Waals surface area contributed by atoms with E-state index in [1.165, 1.54) is 6.92 Å². The van der Waals surface area contributed by atoms with Gasteiger partial charge in [0.05, 0.1) is 5.75 Å². The summed E-state index contributed by atoms with van der Waals surface area (Å²) in [6.45, 7) is 1.72. The number of aliphatic carboxylic acids is 1. The lowest BCUT2D eigenvalue weighted by molar-refractivity contribution is -0.140. The second-order valence-electron chi connectivity index (χ2n) is 3.25. The number of hydrogen-bond donors (Lipinski definition) is 2. The zero-order valence-electron chi connectivity index (χ0n) is 9.39. The molecule has 0 rings (SSSR count). The van der Waals surface area contributed by atoms with E-state index in [-0.39, 0.29) is 5.75 Å². The van der Waals surface area contributed by atoms with E-state index in [9.17, 15) is 13.8 Å². The van der Waals surface area contributed by atoms with Crippen molar-refractivity contribution in [3.8, 4) is 0 Å². The van der Waals surface area contributed by atoms with E-state index >= 15 is 0 Å². The van der Waals surface area contributed by atoms with Crippen molar-refractivity contribution in [2.75, 3.05) is 25.2 Å². The number of rotatable bonds is 8. The Bertz CT molecular complexity index is 269. The first-order valence-corrected chi connectivity index (χ1v) is 6.30. The third-order valence-electron chi connectivity index (χ3n) is 1.75. The highest BCUT2D eigenvalue weighted by Gasteiger charge is 2.20. The molecule has 0 aromatic rings. The second-order valence-corrected chi connectivity index (χ2v) is 4.87. The van der Waals surface area contributed by atoms with Gasteiger partial charge in [-0.1, -0.05) is 0 Å². The van der Waals surface area contributed by atoms with Crippen LogP contribution in [0.2, 0.25) is 0 Å². The quantitative estimate of drug-likeness (QED) is 0.560. The first-order chi connectivity index (χ1) is 7.47. The van der Waals surface area contributed by atoms with E-state index in [2.05, 4.69) is 5.32 Å². The van der Waals surface area contributed by atoms with Gasteiger partial charge < -0.3 is 15.2 Å². The van der Waals surface area contributed by atoms with Crippen molar-refractivity contribution in [1.82, 2.24) is 5.32 Å². The number of methoxy groups -OCH3 is 1. The molecule has 2 unspecified atom stereocenters. The highest BCUT2D eigenvalue weighted by Crippen LogP contribution is 1.94. The van der Waals surface area contributed by atoms with Crippen molar-refractivity contribution >= 4 is 22.7 Å². The van der Waals surface area contributed by atoms with Gasteiger partial charge in [-0.2, -0.15) is 0 Å². The average Bonchev–Trinajstić information content (AvgIpc) is 2.16. The largest absolute Gasteiger partial charge is 0.480 e. The highest BCUT2D eigenvalue weighted by atomic mass is 32.2. The van der Waals surface area contributed by atoms with Gasteiger partial charge in [0.25, 0.3) is 0 Å². The second kappa shape index (κ2) is 8.23. The molecule has 0 saturated heterocycles.